The highest BCUT2D eigenvalue weighted by Gasteiger charge is 2.56. The molecule has 5 heteroatoms. The van der Waals surface area contributed by atoms with Crippen molar-refractivity contribution in [2.75, 3.05) is 0 Å². The highest BCUT2D eigenvalue weighted by atomic mass is 16.4. The summed E-state index contributed by atoms with van der Waals surface area (Å²) in [4.78, 5) is 35.3. The van der Waals surface area contributed by atoms with Crippen LogP contribution in [0.4, 0.5) is 0 Å². The molecule has 104 valence electrons. The van der Waals surface area contributed by atoms with E-state index in [0.29, 0.717) is 37.7 Å². The molecule has 0 radical (unpaired) electrons. The van der Waals surface area contributed by atoms with Gasteiger partial charge in [-0.05, 0) is 38.2 Å². The molecule has 0 spiro atoms. The van der Waals surface area contributed by atoms with Gasteiger partial charge in [0, 0.05) is 12.3 Å². The third-order valence-electron chi connectivity index (χ3n) is 4.51. The Balaban J connectivity index is 2.59. The first kappa shape index (κ1) is 13.8. The zero-order chi connectivity index (χ0) is 14.2. The Kier molecular flexibility index (Phi) is 3.47. The number of carbonyl (C=O) groups is 3. The van der Waals surface area contributed by atoms with Crippen LogP contribution < -0.4 is 0 Å². The van der Waals surface area contributed by atoms with Crippen molar-refractivity contribution >= 4 is 17.7 Å². The molecule has 0 bridgehead atoms. The van der Waals surface area contributed by atoms with Crippen LogP contribution in [0, 0.1) is 11.3 Å². The van der Waals surface area contributed by atoms with Gasteiger partial charge in [0.1, 0.15) is 0 Å². The zero-order valence-electron chi connectivity index (χ0n) is 10.9. The van der Waals surface area contributed by atoms with Gasteiger partial charge in [0.05, 0.1) is 0 Å². The lowest BCUT2D eigenvalue weighted by Gasteiger charge is -2.38. The molecule has 0 aliphatic heterocycles. The fraction of sp³-hybridized carbons (Fsp3) is 0.643. The molecule has 2 N–H and O–H groups in total. The number of aliphatic carboxylic acids is 2. The summed E-state index contributed by atoms with van der Waals surface area (Å²) >= 11 is 0. The molecular formula is C14H18O5. The minimum absolute atomic E-state index is 0.0634. The van der Waals surface area contributed by atoms with Crippen LogP contribution in [0.1, 0.15) is 45.4 Å². The first-order chi connectivity index (χ1) is 8.91. The summed E-state index contributed by atoms with van der Waals surface area (Å²) < 4.78 is 0. The van der Waals surface area contributed by atoms with Crippen LogP contribution in [0.2, 0.25) is 0 Å². The Morgan fingerprint density at radius 2 is 1.79 bits per heavy atom. The summed E-state index contributed by atoms with van der Waals surface area (Å²) in [6.45, 7) is 1.82. The summed E-state index contributed by atoms with van der Waals surface area (Å²) in [6.07, 6.45) is 2.73. The summed E-state index contributed by atoms with van der Waals surface area (Å²) in [5.74, 6) is -3.37. The van der Waals surface area contributed by atoms with Crippen molar-refractivity contribution in [1.29, 1.82) is 0 Å². The van der Waals surface area contributed by atoms with Gasteiger partial charge in [0.15, 0.2) is 11.2 Å². The average Bonchev–Trinajstić information content (AvgIpc) is 2.52. The predicted octanol–water partition coefficient (Wildman–Crippen LogP) is 2.01. The molecule has 19 heavy (non-hydrogen) atoms. The molecule has 2 aliphatic carbocycles. The third-order valence-corrected chi connectivity index (χ3v) is 4.51. The summed E-state index contributed by atoms with van der Waals surface area (Å²) in [5.41, 5.74) is -0.474. The topological polar surface area (TPSA) is 91.7 Å². The normalized spacial score (nSPS) is 26.6. The van der Waals surface area contributed by atoms with Gasteiger partial charge in [0.25, 0.3) is 0 Å². The summed E-state index contributed by atoms with van der Waals surface area (Å²) in [5, 5.41) is 18.9. The fourth-order valence-electron chi connectivity index (χ4n) is 3.43. The van der Waals surface area contributed by atoms with Crippen molar-refractivity contribution < 1.29 is 24.6 Å². The maximum absolute atomic E-state index is 12.1. The molecule has 1 fully saturated rings. The lowest BCUT2D eigenvalue weighted by Crippen LogP contribution is -2.49. The van der Waals surface area contributed by atoms with Crippen LogP contribution in [0.3, 0.4) is 0 Å². The first-order valence-electron chi connectivity index (χ1n) is 6.61. The Hall–Kier alpha value is -1.65. The summed E-state index contributed by atoms with van der Waals surface area (Å²) in [6, 6.07) is 0. The Bertz CT molecular complexity index is 460. The van der Waals surface area contributed by atoms with E-state index in [1.54, 1.807) is 0 Å². The van der Waals surface area contributed by atoms with Crippen molar-refractivity contribution in [3.05, 3.63) is 11.1 Å². The number of carbonyl (C=O) groups excluding carboxylic acids is 1. The number of hydrogen-bond donors (Lipinski definition) is 2. The van der Waals surface area contributed by atoms with Crippen LogP contribution in [0.5, 0.6) is 0 Å². The number of ketones is 1. The summed E-state index contributed by atoms with van der Waals surface area (Å²) in [7, 11) is 0. The van der Waals surface area contributed by atoms with Crippen molar-refractivity contribution in [3.8, 4) is 0 Å². The maximum Gasteiger partial charge on any atom is 0.321 e. The second kappa shape index (κ2) is 4.79. The van der Waals surface area contributed by atoms with E-state index in [9.17, 15) is 24.6 Å². The lowest BCUT2D eigenvalue weighted by atomic mass is 9.62. The van der Waals surface area contributed by atoms with E-state index in [1.165, 1.54) is 0 Å². The second-order valence-electron chi connectivity index (χ2n) is 5.50. The Labute approximate surface area is 111 Å². The van der Waals surface area contributed by atoms with Gasteiger partial charge in [-0.15, -0.1) is 0 Å². The van der Waals surface area contributed by atoms with Gasteiger partial charge < -0.3 is 10.2 Å². The Morgan fingerprint density at radius 3 is 2.37 bits per heavy atom. The third kappa shape index (κ3) is 1.97. The van der Waals surface area contributed by atoms with Gasteiger partial charge in [-0.1, -0.05) is 12.0 Å². The van der Waals surface area contributed by atoms with E-state index >= 15 is 0 Å². The molecule has 0 aromatic carbocycles. The quantitative estimate of drug-likeness (QED) is 0.746. The van der Waals surface area contributed by atoms with Crippen LogP contribution in [0.15, 0.2) is 11.1 Å². The van der Waals surface area contributed by atoms with E-state index in [0.717, 1.165) is 5.57 Å². The molecule has 1 saturated carbocycles. The molecule has 1 atom stereocenters. The van der Waals surface area contributed by atoms with Gasteiger partial charge >= 0.3 is 11.9 Å². The van der Waals surface area contributed by atoms with E-state index in [4.69, 9.17) is 0 Å². The number of rotatable bonds is 2. The van der Waals surface area contributed by atoms with Crippen molar-refractivity contribution in [2.24, 2.45) is 11.3 Å². The van der Waals surface area contributed by atoms with Crippen molar-refractivity contribution in [1.82, 2.24) is 0 Å². The zero-order valence-corrected chi connectivity index (χ0v) is 10.9. The molecule has 2 rings (SSSR count). The van der Waals surface area contributed by atoms with Crippen LogP contribution >= 0.6 is 0 Å². The number of fused-ring (bicyclic) bond motifs is 1. The fourth-order valence-corrected chi connectivity index (χ4v) is 3.43. The molecule has 0 aromatic rings. The molecule has 1 unspecified atom stereocenters. The van der Waals surface area contributed by atoms with Crippen molar-refractivity contribution in [3.63, 3.8) is 0 Å². The molecule has 0 saturated heterocycles. The SMILES string of the molecule is CC1=C2C(=O)CCCCC2C(C(=O)O)(C(=O)O)CC1. The number of carboxylic acid groups (broad SMARTS) is 2. The van der Waals surface area contributed by atoms with E-state index in [-0.39, 0.29) is 12.2 Å². The smallest absolute Gasteiger partial charge is 0.321 e. The molecular weight excluding hydrogens is 248 g/mol. The Morgan fingerprint density at radius 1 is 1.16 bits per heavy atom. The minimum atomic E-state index is -1.82. The van der Waals surface area contributed by atoms with E-state index in [1.807, 2.05) is 6.92 Å². The van der Waals surface area contributed by atoms with E-state index < -0.39 is 23.3 Å². The number of Topliss-reactive ketones (excluding diaryl/α,β-unsaturated/α-hetero) is 1. The highest BCUT2D eigenvalue weighted by Crippen LogP contribution is 2.49. The van der Waals surface area contributed by atoms with Gasteiger partial charge in [-0.2, -0.15) is 0 Å². The first-order valence-corrected chi connectivity index (χ1v) is 6.61. The largest absolute Gasteiger partial charge is 0.480 e. The second-order valence-corrected chi connectivity index (χ2v) is 5.50. The lowest BCUT2D eigenvalue weighted by molar-refractivity contribution is -0.169. The molecule has 0 heterocycles. The van der Waals surface area contributed by atoms with Crippen molar-refractivity contribution in [2.45, 2.75) is 45.4 Å². The number of carboxylic acids is 2. The van der Waals surface area contributed by atoms with E-state index in [2.05, 4.69) is 0 Å². The monoisotopic (exact) mass is 266 g/mol. The highest BCUT2D eigenvalue weighted by molar-refractivity contribution is 6.04. The number of hydrogen-bond acceptors (Lipinski definition) is 3. The molecule has 0 aromatic heterocycles. The van der Waals surface area contributed by atoms with Gasteiger partial charge in [-0.25, -0.2) is 0 Å². The maximum atomic E-state index is 12.1. The van der Waals surface area contributed by atoms with Crippen LogP contribution in [-0.4, -0.2) is 27.9 Å². The van der Waals surface area contributed by atoms with Crippen LogP contribution in [-0.2, 0) is 14.4 Å². The minimum Gasteiger partial charge on any atom is -0.480 e. The molecule has 5 nitrogen and oxygen atoms in total. The molecule has 2 aliphatic rings. The van der Waals surface area contributed by atoms with Gasteiger partial charge in [-0.3, -0.25) is 14.4 Å². The standard InChI is InChI=1S/C14H18O5/c1-8-6-7-14(12(16)17,13(18)19)9-4-2-3-5-10(15)11(8)9/h9H,2-7H2,1H3,(H,16,17)(H,18,19). The number of allylic oxidation sites excluding steroid dienone is 2. The average molecular weight is 266 g/mol. The van der Waals surface area contributed by atoms with Crippen LogP contribution in [0.25, 0.3) is 0 Å². The molecule has 0 amide bonds. The predicted molar refractivity (Wildman–Crippen MR) is 66.6 cm³/mol. The van der Waals surface area contributed by atoms with Gasteiger partial charge in [0.2, 0.25) is 0 Å².